The molecule has 11 heavy (non-hydrogen) atoms. The van der Waals surface area contributed by atoms with E-state index >= 15 is 0 Å². The molecule has 0 saturated heterocycles. The van der Waals surface area contributed by atoms with Gasteiger partial charge >= 0.3 is 0 Å². The highest BCUT2D eigenvalue weighted by atomic mass is 15.1. The maximum Gasteiger partial charge on any atom is 0.0923 e. The Bertz CT molecular complexity index is 112. The second-order valence-electron chi connectivity index (χ2n) is 2.76. The predicted octanol–water partition coefficient (Wildman–Crippen LogP) is 0.915. The highest BCUT2D eigenvalue weighted by Crippen LogP contribution is 1.81. The van der Waals surface area contributed by atoms with Crippen molar-refractivity contribution in [2.24, 2.45) is 0 Å². The third-order valence-corrected chi connectivity index (χ3v) is 1.62. The fourth-order valence-electron chi connectivity index (χ4n) is 0.716. The maximum atomic E-state index is 7.28. The van der Waals surface area contributed by atoms with Crippen molar-refractivity contribution in [2.45, 2.75) is 20.3 Å². The molecule has 0 aromatic rings. The minimum Gasteiger partial charge on any atom is -0.363 e. The molecule has 0 aliphatic rings. The van der Waals surface area contributed by atoms with Gasteiger partial charge in [0.05, 0.1) is 5.84 Å². The molecule has 2 N–H and O–H groups in total. The van der Waals surface area contributed by atoms with Gasteiger partial charge in [0.1, 0.15) is 0 Å². The number of nitrogens with zero attached hydrogens (tertiary/aromatic N) is 1. The van der Waals surface area contributed by atoms with E-state index in [2.05, 4.69) is 12.2 Å². The topological polar surface area (TPSA) is 39.1 Å². The van der Waals surface area contributed by atoms with Gasteiger partial charge in [-0.3, -0.25) is 5.41 Å². The summed E-state index contributed by atoms with van der Waals surface area (Å²) in [6.45, 7) is 6.93. The van der Waals surface area contributed by atoms with Crippen LogP contribution in [-0.4, -0.2) is 37.4 Å². The molecule has 3 heteroatoms. The molecule has 66 valence electrons. The molecule has 0 bridgehead atoms. The molecule has 0 heterocycles. The SMILES string of the molecule is CCCNCCN(C)C(C)=N. The zero-order chi connectivity index (χ0) is 8.69. The number of nitrogens with one attached hydrogen (secondary N) is 2. The van der Waals surface area contributed by atoms with E-state index in [-0.39, 0.29) is 0 Å². The molecule has 0 fully saturated rings. The van der Waals surface area contributed by atoms with Gasteiger partial charge in [-0.05, 0) is 19.9 Å². The molecule has 3 nitrogen and oxygen atoms in total. The van der Waals surface area contributed by atoms with Crippen molar-refractivity contribution in [3.63, 3.8) is 0 Å². The summed E-state index contributed by atoms with van der Waals surface area (Å²) in [5.74, 6) is 0.628. The molecule has 0 aromatic heterocycles. The fraction of sp³-hybridized carbons (Fsp3) is 0.875. The third kappa shape index (κ3) is 5.85. The molecule has 0 amide bonds. The Balaban J connectivity index is 3.17. The first kappa shape index (κ1) is 10.4. The summed E-state index contributed by atoms with van der Waals surface area (Å²) >= 11 is 0. The van der Waals surface area contributed by atoms with E-state index in [1.54, 1.807) is 6.92 Å². The van der Waals surface area contributed by atoms with E-state index in [0.717, 1.165) is 19.6 Å². The van der Waals surface area contributed by atoms with Crippen molar-refractivity contribution in [1.82, 2.24) is 10.2 Å². The molecular formula is C8H19N3. The van der Waals surface area contributed by atoms with Crippen LogP contribution in [0, 0.1) is 5.41 Å². The number of rotatable bonds is 5. The van der Waals surface area contributed by atoms with Crippen LogP contribution < -0.4 is 5.32 Å². The highest BCUT2D eigenvalue weighted by Gasteiger charge is 1.95. The van der Waals surface area contributed by atoms with Gasteiger partial charge in [-0.2, -0.15) is 0 Å². The third-order valence-electron chi connectivity index (χ3n) is 1.62. The van der Waals surface area contributed by atoms with Crippen molar-refractivity contribution < 1.29 is 0 Å². The zero-order valence-electron chi connectivity index (χ0n) is 7.78. The Hall–Kier alpha value is -0.570. The smallest absolute Gasteiger partial charge is 0.0923 e. The second-order valence-corrected chi connectivity index (χ2v) is 2.76. The minimum absolute atomic E-state index is 0.628. The van der Waals surface area contributed by atoms with Gasteiger partial charge < -0.3 is 10.2 Å². The lowest BCUT2D eigenvalue weighted by Crippen LogP contribution is -2.32. The lowest BCUT2D eigenvalue weighted by molar-refractivity contribution is 0.477. The molecule has 0 aromatic carbocycles. The van der Waals surface area contributed by atoms with Crippen LogP contribution in [0.1, 0.15) is 20.3 Å². The summed E-state index contributed by atoms with van der Waals surface area (Å²) in [4.78, 5) is 1.93. The van der Waals surface area contributed by atoms with Gasteiger partial charge in [-0.25, -0.2) is 0 Å². The lowest BCUT2D eigenvalue weighted by Gasteiger charge is -2.16. The lowest BCUT2D eigenvalue weighted by atomic mass is 10.4. The van der Waals surface area contributed by atoms with Crippen LogP contribution in [0.5, 0.6) is 0 Å². The first-order valence-corrected chi connectivity index (χ1v) is 4.15. The fourth-order valence-corrected chi connectivity index (χ4v) is 0.716. The molecule has 0 atom stereocenters. The minimum atomic E-state index is 0.628. The molecule has 0 saturated carbocycles. The summed E-state index contributed by atoms with van der Waals surface area (Å²) in [6.07, 6.45) is 1.17. The number of likely N-dealkylation sites (N-methyl/N-ethyl adjacent to an activating group) is 1. The average Bonchev–Trinajstić information content (AvgIpc) is 1.97. The van der Waals surface area contributed by atoms with E-state index in [0.29, 0.717) is 5.84 Å². The summed E-state index contributed by atoms with van der Waals surface area (Å²) in [6, 6.07) is 0. The summed E-state index contributed by atoms with van der Waals surface area (Å²) in [5, 5.41) is 10.6. The molecule has 0 aliphatic heterocycles. The molecule has 0 spiro atoms. The molecule has 0 rings (SSSR count). The zero-order valence-corrected chi connectivity index (χ0v) is 7.78. The number of amidine groups is 1. The van der Waals surface area contributed by atoms with Crippen molar-refractivity contribution >= 4 is 5.84 Å². The maximum absolute atomic E-state index is 7.28. The largest absolute Gasteiger partial charge is 0.363 e. The van der Waals surface area contributed by atoms with Crippen molar-refractivity contribution in [1.29, 1.82) is 5.41 Å². The summed E-state index contributed by atoms with van der Waals surface area (Å²) in [5.41, 5.74) is 0. The van der Waals surface area contributed by atoms with Crippen LogP contribution in [0.25, 0.3) is 0 Å². The monoisotopic (exact) mass is 157 g/mol. The molecular weight excluding hydrogens is 138 g/mol. The van der Waals surface area contributed by atoms with Crippen molar-refractivity contribution in [2.75, 3.05) is 26.7 Å². The van der Waals surface area contributed by atoms with Gasteiger partial charge in [0.25, 0.3) is 0 Å². The van der Waals surface area contributed by atoms with E-state index < -0.39 is 0 Å². The van der Waals surface area contributed by atoms with Crippen LogP contribution in [0.2, 0.25) is 0 Å². The van der Waals surface area contributed by atoms with Crippen LogP contribution in [0.3, 0.4) is 0 Å². The Morgan fingerprint density at radius 3 is 2.55 bits per heavy atom. The standard InChI is InChI=1S/C8H19N3/c1-4-5-10-6-7-11(3)8(2)9/h9-10H,4-7H2,1-3H3. The van der Waals surface area contributed by atoms with E-state index in [1.807, 2.05) is 11.9 Å². The van der Waals surface area contributed by atoms with E-state index in [1.165, 1.54) is 6.42 Å². The average molecular weight is 157 g/mol. The van der Waals surface area contributed by atoms with Gasteiger partial charge in [-0.1, -0.05) is 6.92 Å². The first-order chi connectivity index (χ1) is 5.18. The Morgan fingerprint density at radius 2 is 2.09 bits per heavy atom. The van der Waals surface area contributed by atoms with Gasteiger partial charge in [0, 0.05) is 20.1 Å². The highest BCUT2D eigenvalue weighted by molar-refractivity contribution is 5.75. The summed E-state index contributed by atoms with van der Waals surface area (Å²) < 4.78 is 0. The van der Waals surface area contributed by atoms with Gasteiger partial charge in [0.15, 0.2) is 0 Å². The quantitative estimate of drug-likeness (QED) is 0.354. The molecule has 0 aliphatic carbocycles. The molecule has 0 radical (unpaired) electrons. The van der Waals surface area contributed by atoms with E-state index in [9.17, 15) is 0 Å². The van der Waals surface area contributed by atoms with Crippen LogP contribution in [0.4, 0.5) is 0 Å². The van der Waals surface area contributed by atoms with Gasteiger partial charge in [-0.15, -0.1) is 0 Å². The number of hydrogen-bond acceptors (Lipinski definition) is 2. The number of hydrogen-bond donors (Lipinski definition) is 2. The Kier molecular flexibility index (Phi) is 5.84. The van der Waals surface area contributed by atoms with Gasteiger partial charge in [0.2, 0.25) is 0 Å². The Labute approximate surface area is 69.3 Å². The summed E-state index contributed by atoms with van der Waals surface area (Å²) in [7, 11) is 1.94. The van der Waals surface area contributed by atoms with Crippen molar-refractivity contribution in [3.05, 3.63) is 0 Å². The second kappa shape index (κ2) is 6.16. The van der Waals surface area contributed by atoms with Crippen LogP contribution in [0.15, 0.2) is 0 Å². The normalized spacial score (nSPS) is 9.73. The molecule has 0 unspecified atom stereocenters. The van der Waals surface area contributed by atoms with Crippen molar-refractivity contribution in [3.8, 4) is 0 Å². The van der Waals surface area contributed by atoms with Crippen LogP contribution in [-0.2, 0) is 0 Å². The van der Waals surface area contributed by atoms with Crippen LogP contribution >= 0.6 is 0 Å². The first-order valence-electron chi connectivity index (χ1n) is 4.15. The Morgan fingerprint density at radius 1 is 1.45 bits per heavy atom. The predicted molar refractivity (Wildman–Crippen MR) is 49.2 cm³/mol. The van der Waals surface area contributed by atoms with E-state index in [4.69, 9.17) is 5.41 Å².